The third kappa shape index (κ3) is 4.23. The van der Waals surface area contributed by atoms with Crippen LogP contribution in [0.4, 0.5) is 0 Å². The Kier molecular flexibility index (Phi) is 4.76. The van der Waals surface area contributed by atoms with Crippen molar-refractivity contribution < 1.29 is 15.0 Å². The van der Waals surface area contributed by atoms with Crippen molar-refractivity contribution in [2.45, 2.75) is 71.6 Å². The van der Waals surface area contributed by atoms with Crippen molar-refractivity contribution in [2.24, 2.45) is 0 Å². The first-order valence-corrected chi connectivity index (χ1v) is 7.43. The molecule has 0 saturated heterocycles. The van der Waals surface area contributed by atoms with Crippen LogP contribution in [-0.4, -0.2) is 16.2 Å². The predicted molar refractivity (Wildman–Crippen MR) is 86.2 cm³/mol. The summed E-state index contributed by atoms with van der Waals surface area (Å²) in [4.78, 5) is 11.0. The molecule has 0 aromatic heterocycles. The van der Waals surface area contributed by atoms with Gasteiger partial charge in [-0.15, -0.1) is 0 Å². The van der Waals surface area contributed by atoms with Gasteiger partial charge in [-0.05, 0) is 33.4 Å². The van der Waals surface area contributed by atoms with E-state index in [2.05, 4.69) is 41.5 Å². The summed E-state index contributed by atoms with van der Waals surface area (Å²) in [5, 5.41) is 19.6. The Bertz CT molecular complexity index is 495. The van der Waals surface area contributed by atoms with E-state index in [-0.39, 0.29) is 23.2 Å². The van der Waals surface area contributed by atoms with Crippen LogP contribution in [0.25, 0.3) is 0 Å². The van der Waals surface area contributed by atoms with Gasteiger partial charge in [0.1, 0.15) is 5.75 Å². The number of phenolic OH excluding ortho intramolecular Hbond substituents is 1. The molecule has 0 spiro atoms. The second-order valence-corrected chi connectivity index (χ2v) is 7.96. The molecule has 1 aromatic rings. The van der Waals surface area contributed by atoms with E-state index < -0.39 is 5.97 Å². The van der Waals surface area contributed by atoms with E-state index in [1.165, 1.54) is 0 Å². The zero-order valence-corrected chi connectivity index (χ0v) is 14.2. The molecule has 0 aliphatic carbocycles. The van der Waals surface area contributed by atoms with Crippen LogP contribution < -0.4 is 0 Å². The number of benzene rings is 1. The van der Waals surface area contributed by atoms with Crippen molar-refractivity contribution in [3.63, 3.8) is 0 Å². The predicted octanol–water partition coefficient (Wildman–Crippen LogP) is 4.57. The Balaban J connectivity index is 3.51. The number of carbonyl (C=O) groups is 1. The van der Waals surface area contributed by atoms with E-state index in [9.17, 15) is 9.90 Å². The van der Waals surface area contributed by atoms with Gasteiger partial charge in [-0.1, -0.05) is 60.6 Å². The molecule has 0 saturated carbocycles. The Hall–Kier alpha value is -1.51. The first kappa shape index (κ1) is 17.5. The molecule has 0 fully saturated rings. The molecule has 21 heavy (non-hydrogen) atoms. The second kappa shape index (κ2) is 5.70. The lowest BCUT2D eigenvalue weighted by Crippen LogP contribution is -2.18. The number of phenols is 1. The van der Waals surface area contributed by atoms with Crippen molar-refractivity contribution in [1.82, 2.24) is 0 Å². The number of carboxylic acids is 1. The molecule has 1 aromatic carbocycles. The van der Waals surface area contributed by atoms with Crippen molar-refractivity contribution >= 4 is 5.97 Å². The molecule has 1 rings (SSSR count). The number of carboxylic acid groups (broad SMARTS) is 1. The van der Waals surface area contributed by atoms with Crippen LogP contribution in [0.1, 0.15) is 77.5 Å². The highest BCUT2D eigenvalue weighted by Crippen LogP contribution is 2.41. The number of hydrogen-bond acceptors (Lipinski definition) is 2. The van der Waals surface area contributed by atoms with Gasteiger partial charge in [0.15, 0.2) is 0 Å². The Morgan fingerprint density at radius 2 is 1.43 bits per heavy atom. The van der Waals surface area contributed by atoms with Gasteiger partial charge in [-0.2, -0.15) is 0 Å². The van der Waals surface area contributed by atoms with Crippen molar-refractivity contribution in [3.05, 3.63) is 28.8 Å². The molecule has 1 unspecified atom stereocenters. The van der Waals surface area contributed by atoms with Crippen LogP contribution >= 0.6 is 0 Å². The molecule has 0 heterocycles. The van der Waals surface area contributed by atoms with Crippen LogP contribution in [0.15, 0.2) is 12.1 Å². The van der Waals surface area contributed by atoms with Crippen LogP contribution in [0, 0.1) is 0 Å². The first-order chi connectivity index (χ1) is 9.34. The quantitative estimate of drug-likeness (QED) is 0.858. The molecule has 0 amide bonds. The minimum atomic E-state index is -0.801. The van der Waals surface area contributed by atoms with Crippen LogP contribution in [0.2, 0.25) is 0 Å². The number of aliphatic carboxylic acids is 1. The maximum Gasteiger partial charge on any atom is 0.303 e. The van der Waals surface area contributed by atoms with Gasteiger partial charge < -0.3 is 10.2 Å². The molecule has 1 atom stereocenters. The molecule has 3 nitrogen and oxygen atoms in total. The first-order valence-electron chi connectivity index (χ1n) is 7.43. The van der Waals surface area contributed by atoms with E-state index >= 15 is 0 Å². The lowest BCUT2D eigenvalue weighted by molar-refractivity contribution is -0.137. The van der Waals surface area contributed by atoms with E-state index in [1.807, 2.05) is 19.1 Å². The normalized spacial score (nSPS) is 14.0. The summed E-state index contributed by atoms with van der Waals surface area (Å²) in [5.41, 5.74) is 2.35. The minimum Gasteiger partial charge on any atom is -0.507 e. The highest BCUT2D eigenvalue weighted by molar-refractivity contribution is 5.68. The summed E-state index contributed by atoms with van der Waals surface area (Å²) in [6.07, 6.45) is 0.0952. The minimum absolute atomic E-state index is 0.0784. The van der Waals surface area contributed by atoms with Crippen molar-refractivity contribution in [2.75, 3.05) is 0 Å². The largest absolute Gasteiger partial charge is 0.507 e. The topological polar surface area (TPSA) is 57.5 Å². The van der Waals surface area contributed by atoms with Crippen molar-refractivity contribution in [3.8, 4) is 5.75 Å². The summed E-state index contributed by atoms with van der Waals surface area (Å²) >= 11 is 0. The van der Waals surface area contributed by atoms with Gasteiger partial charge in [0.25, 0.3) is 0 Å². The lowest BCUT2D eigenvalue weighted by atomic mass is 9.77. The Labute approximate surface area is 128 Å². The summed E-state index contributed by atoms with van der Waals surface area (Å²) in [7, 11) is 0. The van der Waals surface area contributed by atoms with E-state index in [0.717, 1.165) is 16.7 Å². The highest BCUT2D eigenvalue weighted by Gasteiger charge is 2.27. The smallest absolute Gasteiger partial charge is 0.303 e. The van der Waals surface area contributed by atoms with Gasteiger partial charge in [0, 0.05) is 0 Å². The number of hydrogen-bond donors (Lipinski definition) is 2. The van der Waals surface area contributed by atoms with E-state index in [4.69, 9.17) is 5.11 Å². The summed E-state index contributed by atoms with van der Waals surface area (Å²) in [6, 6.07) is 3.91. The average Bonchev–Trinajstić information content (AvgIpc) is 2.24. The van der Waals surface area contributed by atoms with E-state index in [0.29, 0.717) is 5.75 Å². The molecule has 0 bridgehead atoms. The number of aromatic hydroxyl groups is 1. The molecular weight excluding hydrogens is 264 g/mol. The van der Waals surface area contributed by atoms with E-state index in [1.54, 1.807) is 0 Å². The fourth-order valence-corrected chi connectivity index (χ4v) is 2.46. The third-order valence-corrected chi connectivity index (χ3v) is 3.80. The molecule has 118 valence electrons. The fraction of sp³-hybridized carbons (Fsp3) is 0.611. The molecule has 0 radical (unpaired) electrons. The van der Waals surface area contributed by atoms with Gasteiger partial charge in [0.05, 0.1) is 6.42 Å². The maximum atomic E-state index is 11.0. The Morgan fingerprint density at radius 3 is 1.71 bits per heavy atom. The highest BCUT2D eigenvalue weighted by atomic mass is 16.4. The maximum absolute atomic E-state index is 11.0. The van der Waals surface area contributed by atoms with Crippen LogP contribution in [0.3, 0.4) is 0 Å². The molecular formula is C18H28O3. The molecule has 2 N–H and O–H groups in total. The monoisotopic (exact) mass is 292 g/mol. The fourth-order valence-electron chi connectivity index (χ4n) is 2.46. The summed E-state index contributed by atoms with van der Waals surface area (Å²) in [5.74, 6) is -0.545. The molecule has 0 aliphatic heterocycles. The second-order valence-electron chi connectivity index (χ2n) is 7.96. The molecule has 0 aliphatic rings. The molecule has 3 heteroatoms. The van der Waals surface area contributed by atoms with Crippen LogP contribution in [-0.2, 0) is 15.6 Å². The zero-order valence-electron chi connectivity index (χ0n) is 14.2. The lowest BCUT2D eigenvalue weighted by Gasteiger charge is -2.29. The zero-order chi connectivity index (χ0) is 16.6. The third-order valence-electron chi connectivity index (χ3n) is 3.80. The summed E-state index contributed by atoms with van der Waals surface area (Å²) in [6.45, 7) is 14.3. The van der Waals surface area contributed by atoms with Gasteiger partial charge in [-0.25, -0.2) is 0 Å². The van der Waals surface area contributed by atoms with Crippen LogP contribution in [0.5, 0.6) is 5.75 Å². The Morgan fingerprint density at radius 1 is 1.05 bits per heavy atom. The summed E-state index contributed by atoms with van der Waals surface area (Å²) < 4.78 is 0. The van der Waals surface area contributed by atoms with Gasteiger partial charge in [-0.3, -0.25) is 4.79 Å². The number of rotatable bonds is 3. The average molecular weight is 292 g/mol. The SMILES string of the molecule is CC(CC(=O)O)c1cc(C(C)(C)C)c(O)c(C(C)(C)C)c1. The standard InChI is InChI=1S/C18H28O3/c1-11(8-15(19)20)12-9-13(17(2,3)4)16(21)14(10-12)18(5,6)7/h9-11,21H,8H2,1-7H3,(H,19,20). The van der Waals surface area contributed by atoms with Gasteiger partial charge in [0.2, 0.25) is 0 Å². The van der Waals surface area contributed by atoms with Gasteiger partial charge >= 0.3 is 5.97 Å². The van der Waals surface area contributed by atoms with Crippen molar-refractivity contribution in [1.29, 1.82) is 0 Å².